The molecule has 0 aliphatic carbocycles. The Hall–Kier alpha value is -2.69. The lowest BCUT2D eigenvalue weighted by Crippen LogP contribution is -2.53. The summed E-state index contributed by atoms with van der Waals surface area (Å²) >= 11 is 12.4. The average molecular weight is 601 g/mol. The van der Waals surface area contributed by atoms with Crippen LogP contribution in [0.15, 0.2) is 36.4 Å². The van der Waals surface area contributed by atoms with Crippen molar-refractivity contribution in [1.82, 2.24) is 10.2 Å². The minimum absolute atomic E-state index is 0.0150. The number of hydrogen-bond acceptors (Lipinski definition) is 6. The van der Waals surface area contributed by atoms with Gasteiger partial charge in [-0.1, -0.05) is 36.2 Å². The van der Waals surface area contributed by atoms with E-state index in [4.69, 9.17) is 32.7 Å². The number of carbonyl (C=O) groups excluding carboxylic acids is 2. The Morgan fingerprint density at radius 1 is 1.08 bits per heavy atom. The van der Waals surface area contributed by atoms with E-state index in [-0.39, 0.29) is 44.5 Å². The van der Waals surface area contributed by atoms with Crippen molar-refractivity contribution in [1.29, 1.82) is 0 Å². The summed E-state index contributed by atoms with van der Waals surface area (Å²) in [6.07, 6.45) is 1.73. The maximum atomic E-state index is 13.6. The monoisotopic (exact) mass is 599 g/mol. The van der Waals surface area contributed by atoms with E-state index in [9.17, 15) is 18.0 Å². The first-order valence-corrected chi connectivity index (χ1v) is 15.2. The zero-order chi connectivity index (χ0) is 29.0. The molecule has 1 N–H and O–H groups in total. The van der Waals surface area contributed by atoms with Gasteiger partial charge in [0.25, 0.3) is 0 Å². The van der Waals surface area contributed by atoms with E-state index >= 15 is 0 Å². The van der Waals surface area contributed by atoms with Crippen molar-refractivity contribution in [3.8, 4) is 11.5 Å². The number of sulfonamides is 1. The molecule has 0 spiro atoms. The van der Waals surface area contributed by atoms with E-state index in [1.165, 1.54) is 9.21 Å². The van der Waals surface area contributed by atoms with Crippen molar-refractivity contribution < 1.29 is 27.5 Å². The molecule has 2 aromatic carbocycles. The van der Waals surface area contributed by atoms with Crippen molar-refractivity contribution in [2.45, 2.75) is 65.1 Å². The van der Waals surface area contributed by atoms with E-state index in [2.05, 4.69) is 5.32 Å². The molecular formula is C27H35Cl2N3O6S. The van der Waals surface area contributed by atoms with Gasteiger partial charge in [0.2, 0.25) is 28.6 Å². The molecule has 1 aliphatic heterocycles. The zero-order valence-corrected chi connectivity index (χ0v) is 25.1. The highest BCUT2D eigenvalue weighted by molar-refractivity contribution is 7.92. The second kappa shape index (κ2) is 12.7. The first-order chi connectivity index (χ1) is 18.2. The van der Waals surface area contributed by atoms with Crippen LogP contribution in [0.2, 0.25) is 10.0 Å². The lowest BCUT2D eigenvalue weighted by molar-refractivity contribution is -0.142. The topological polar surface area (TPSA) is 105 Å². The molecule has 12 heteroatoms. The number of rotatable bonds is 11. The Labute approximate surface area is 240 Å². The number of fused-ring (bicyclic) bond motifs is 1. The van der Waals surface area contributed by atoms with Crippen LogP contribution in [-0.2, 0) is 26.2 Å². The number of anilines is 1. The van der Waals surface area contributed by atoms with Crippen LogP contribution in [0.4, 0.5) is 5.69 Å². The second-order valence-electron chi connectivity index (χ2n) is 10.4. The molecule has 0 radical (unpaired) electrons. The van der Waals surface area contributed by atoms with Gasteiger partial charge in [-0.2, -0.15) is 0 Å². The Balaban J connectivity index is 1.80. The summed E-state index contributed by atoms with van der Waals surface area (Å²) in [5.74, 6) is 0.425. The van der Waals surface area contributed by atoms with E-state index in [0.29, 0.717) is 39.2 Å². The van der Waals surface area contributed by atoms with E-state index in [1.54, 1.807) is 36.4 Å². The number of amides is 2. The van der Waals surface area contributed by atoms with Gasteiger partial charge in [-0.05, 0) is 63.4 Å². The highest BCUT2D eigenvalue weighted by Gasteiger charge is 2.31. The molecule has 2 amide bonds. The van der Waals surface area contributed by atoms with Gasteiger partial charge in [0.05, 0.1) is 11.9 Å². The minimum Gasteiger partial charge on any atom is -0.454 e. The van der Waals surface area contributed by atoms with Crippen molar-refractivity contribution in [2.24, 2.45) is 0 Å². The molecule has 214 valence electrons. The van der Waals surface area contributed by atoms with Crippen molar-refractivity contribution in [2.75, 3.05) is 23.9 Å². The SMILES string of the molecule is CCC(C(=O)NC(C)(C)C)N(Cc1ccc(Cl)cc1Cl)C(=O)CCCN(c1ccc2c(c1)OCO2)S(C)(=O)=O. The van der Waals surface area contributed by atoms with Crippen LogP contribution in [0, 0.1) is 0 Å². The number of carbonyl (C=O) groups is 2. The summed E-state index contributed by atoms with van der Waals surface area (Å²) in [6, 6.07) is 9.13. The number of halogens is 2. The molecule has 9 nitrogen and oxygen atoms in total. The largest absolute Gasteiger partial charge is 0.454 e. The van der Waals surface area contributed by atoms with Crippen molar-refractivity contribution >= 4 is 50.7 Å². The molecule has 0 bridgehead atoms. The minimum atomic E-state index is -3.65. The fraction of sp³-hybridized carbons (Fsp3) is 0.481. The number of nitrogens with zero attached hydrogens (tertiary/aromatic N) is 2. The fourth-order valence-corrected chi connectivity index (χ4v) is 5.68. The molecule has 0 saturated heterocycles. The number of nitrogens with one attached hydrogen (secondary N) is 1. The Morgan fingerprint density at radius 2 is 1.77 bits per heavy atom. The summed E-state index contributed by atoms with van der Waals surface area (Å²) in [5, 5.41) is 3.80. The molecule has 2 aromatic rings. The lowest BCUT2D eigenvalue weighted by atomic mass is 10.0. The second-order valence-corrected chi connectivity index (χ2v) is 13.1. The predicted molar refractivity (Wildman–Crippen MR) is 153 cm³/mol. The third-order valence-corrected chi connectivity index (χ3v) is 7.82. The zero-order valence-electron chi connectivity index (χ0n) is 22.8. The summed E-state index contributed by atoms with van der Waals surface area (Å²) in [4.78, 5) is 28.3. The highest BCUT2D eigenvalue weighted by atomic mass is 35.5. The lowest BCUT2D eigenvalue weighted by Gasteiger charge is -2.33. The number of benzene rings is 2. The van der Waals surface area contributed by atoms with Crippen LogP contribution in [0.25, 0.3) is 0 Å². The highest BCUT2D eigenvalue weighted by Crippen LogP contribution is 2.36. The van der Waals surface area contributed by atoms with Gasteiger partial charge in [-0.3, -0.25) is 13.9 Å². The van der Waals surface area contributed by atoms with E-state index in [1.807, 2.05) is 27.7 Å². The van der Waals surface area contributed by atoms with Gasteiger partial charge in [0.15, 0.2) is 11.5 Å². The molecule has 3 rings (SSSR count). The smallest absolute Gasteiger partial charge is 0.243 e. The third kappa shape index (κ3) is 8.40. The van der Waals surface area contributed by atoms with Crippen LogP contribution in [-0.4, -0.2) is 56.3 Å². The summed E-state index contributed by atoms with van der Waals surface area (Å²) in [6.45, 7) is 7.68. The summed E-state index contributed by atoms with van der Waals surface area (Å²) < 4.78 is 37.1. The normalized spacial score (nSPS) is 13.6. The van der Waals surface area contributed by atoms with Crippen LogP contribution in [0.1, 0.15) is 52.5 Å². The van der Waals surface area contributed by atoms with Gasteiger partial charge >= 0.3 is 0 Å². The van der Waals surface area contributed by atoms with Gasteiger partial charge in [-0.15, -0.1) is 0 Å². The van der Waals surface area contributed by atoms with Crippen LogP contribution in [0.3, 0.4) is 0 Å². The first kappa shape index (κ1) is 30.8. The Kier molecular flexibility index (Phi) is 10.0. The maximum Gasteiger partial charge on any atom is 0.243 e. The Morgan fingerprint density at radius 3 is 2.38 bits per heavy atom. The molecular weight excluding hydrogens is 565 g/mol. The molecule has 1 aliphatic rings. The molecule has 0 saturated carbocycles. The van der Waals surface area contributed by atoms with Crippen molar-refractivity contribution in [3.05, 3.63) is 52.0 Å². The molecule has 1 unspecified atom stereocenters. The van der Waals surface area contributed by atoms with Crippen molar-refractivity contribution in [3.63, 3.8) is 0 Å². The van der Waals surface area contributed by atoms with Gasteiger partial charge in [0, 0.05) is 41.2 Å². The van der Waals surface area contributed by atoms with Gasteiger partial charge < -0.3 is 19.7 Å². The molecule has 1 atom stereocenters. The molecule has 0 fully saturated rings. The summed E-state index contributed by atoms with van der Waals surface area (Å²) in [7, 11) is -3.65. The maximum absolute atomic E-state index is 13.6. The van der Waals surface area contributed by atoms with Gasteiger partial charge in [0.1, 0.15) is 6.04 Å². The van der Waals surface area contributed by atoms with E-state index < -0.39 is 21.6 Å². The molecule has 1 heterocycles. The van der Waals surface area contributed by atoms with Gasteiger partial charge in [-0.25, -0.2) is 8.42 Å². The average Bonchev–Trinajstić information content (AvgIpc) is 3.29. The standard InChI is InChI=1S/C27H35Cl2N3O6S/c1-6-22(26(34)30-27(2,3)4)31(16-18-9-10-19(28)14-21(18)29)25(33)8-7-13-32(39(5,35)36)20-11-12-23-24(15-20)38-17-37-23/h9-12,14-15,22H,6-8,13,16-17H2,1-5H3,(H,30,34). The van der Waals surface area contributed by atoms with Crippen LogP contribution < -0.4 is 19.1 Å². The van der Waals surface area contributed by atoms with E-state index in [0.717, 1.165) is 6.26 Å². The predicted octanol–water partition coefficient (Wildman–Crippen LogP) is 4.99. The first-order valence-electron chi connectivity index (χ1n) is 12.6. The fourth-order valence-electron chi connectivity index (χ4n) is 4.25. The quantitative estimate of drug-likeness (QED) is 0.390. The number of ether oxygens (including phenoxy) is 2. The van der Waals surface area contributed by atoms with Crippen LogP contribution in [0.5, 0.6) is 11.5 Å². The third-order valence-electron chi connectivity index (χ3n) is 6.04. The van der Waals surface area contributed by atoms with Crippen LogP contribution >= 0.6 is 23.2 Å². The number of hydrogen-bond donors (Lipinski definition) is 1. The summed E-state index contributed by atoms with van der Waals surface area (Å²) in [5.41, 5.74) is 0.571. The molecule has 39 heavy (non-hydrogen) atoms. The Bertz CT molecular complexity index is 1310. The molecule has 0 aromatic heterocycles.